The van der Waals surface area contributed by atoms with Crippen LogP contribution in [0.15, 0.2) is 18.2 Å². The lowest BCUT2D eigenvalue weighted by atomic mass is 10.1. The molecule has 1 rings (SSSR count). The fraction of sp³-hybridized carbons (Fsp3) is 0.500. The molecular weight excluding hydrogens is 246 g/mol. The van der Waals surface area contributed by atoms with Crippen molar-refractivity contribution in [3.05, 3.63) is 23.8 Å². The van der Waals surface area contributed by atoms with Gasteiger partial charge < -0.3 is 19.5 Å². The van der Waals surface area contributed by atoms with Crippen molar-refractivity contribution >= 4 is 11.5 Å². The molecule has 0 saturated carbocycles. The van der Waals surface area contributed by atoms with Crippen LogP contribution in [0.4, 0.5) is 5.69 Å². The average Bonchev–Trinajstić information content (AvgIpc) is 2.42. The first-order valence-corrected chi connectivity index (χ1v) is 6.18. The van der Waals surface area contributed by atoms with Crippen molar-refractivity contribution in [1.82, 2.24) is 0 Å². The number of carbonyl (C=O) groups is 1. The molecule has 1 aromatic rings. The summed E-state index contributed by atoms with van der Waals surface area (Å²) in [5, 5.41) is 9.15. The third-order valence-electron chi connectivity index (χ3n) is 2.85. The van der Waals surface area contributed by atoms with E-state index in [1.807, 2.05) is 17.0 Å². The van der Waals surface area contributed by atoms with Gasteiger partial charge in [-0.3, -0.25) is 4.79 Å². The van der Waals surface area contributed by atoms with Gasteiger partial charge in [-0.25, -0.2) is 0 Å². The lowest BCUT2D eigenvalue weighted by molar-refractivity contribution is 0.101. The number of hydrogen-bond acceptors (Lipinski definition) is 5. The minimum absolute atomic E-state index is 0.0122. The van der Waals surface area contributed by atoms with Crippen molar-refractivity contribution in [3.63, 3.8) is 0 Å². The molecular formula is C14H21NO4. The highest BCUT2D eigenvalue weighted by Gasteiger charge is 2.18. The van der Waals surface area contributed by atoms with Gasteiger partial charge in [-0.05, 0) is 19.1 Å². The summed E-state index contributed by atoms with van der Waals surface area (Å²) >= 11 is 0. The number of carbonyl (C=O) groups excluding carboxylic acids is 1. The predicted molar refractivity (Wildman–Crippen MR) is 74.2 cm³/mol. The quantitative estimate of drug-likeness (QED) is 0.720. The molecule has 0 bridgehead atoms. The highest BCUT2D eigenvalue weighted by Crippen LogP contribution is 2.29. The number of nitrogens with zero attached hydrogens (tertiary/aromatic N) is 1. The normalized spacial score (nSPS) is 10.3. The summed E-state index contributed by atoms with van der Waals surface area (Å²) in [7, 11) is 3.16. The Hall–Kier alpha value is -1.59. The van der Waals surface area contributed by atoms with E-state index in [0.29, 0.717) is 31.0 Å². The molecule has 106 valence electrons. The molecule has 0 saturated heterocycles. The van der Waals surface area contributed by atoms with Crippen LogP contribution in [-0.2, 0) is 4.74 Å². The lowest BCUT2D eigenvalue weighted by Crippen LogP contribution is -2.31. The highest BCUT2D eigenvalue weighted by atomic mass is 16.5. The first-order chi connectivity index (χ1) is 9.15. The van der Waals surface area contributed by atoms with Gasteiger partial charge in [0.1, 0.15) is 5.75 Å². The summed E-state index contributed by atoms with van der Waals surface area (Å²) in [6.07, 6.45) is 0. The van der Waals surface area contributed by atoms with E-state index >= 15 is 0 Å². The van der Waals surface area contributed by atoms with Crippen LogP contribution in [0.1, 0.15) is 17.3 Å². The lowest BCUT2D eigenvalue weighted by Gasteiger charge is -2.26. The monoisotopic (exact) mass is 267 g/mol. The van der Waals surface area contributed by atoms with Crippen molar-refractivity contribution in [2.24, 2.45) is 0 Å². The molecule has 1 N–H and O–H groups in total. The second-order valence-electron chi connectivity index (χ2n) is 4.11. The number of Topliss-reactive ketones (excluding diaryl/α,β-unsaturated/α-hetero) is 1. The fourth-order valence-electron chi connectivity index (χ4n) is 1.98. The Morgan fingerprint density at radius 3 is 2.58 bits per heavy atom. The van der Waals surface area contributed by atoms with Crippen LogP contribution in [0, 0.1) is 0 Å². The van der Waals surface area contributed by atoms with Crippen LogP contribution < -0.4 is 9.64 Å². The van der Waals surface area contributed by atoms with Gasteiger partial charge in [0.05, 0.1) is 31.6 Å². The highest BCUT2D eigenvalue weighted by molar-refractivity contribution is 6.02. The van der Waals surface area contributed by atoms with E-state index in [4.69, 9.17) is 14.6 Å². The Bertz CT molecular complexity index is 420. The van der Waals surface area contributed by atoms with Gasteiger partial charge in [-0.2, -0.15) is 0 Å². The van der Waals surface area contributed by atoms with Crippen LogP contribution in [-0.4, -0.2) is 51.4 Å². The molecule has 0 radical (unpaired) electrons. The van der Waals surface area contributed by atoms with Crippen molar-refractivity contribution < 1.29 is 19.4 Å². The minimum atomic E-state index is -0.0622. The SMILES string of the molecule is COCCN(CCO)c1cccc(OC)c1C(C)=O. The van der Waals surface area contributed by atoms with Gasteiger partial charge in [0.2, 0.25) is 0 Å². The van der Waals surface area contributed by atoms with Crippen LogP contribution in [0.25, 0.3) is 0 Å². The fourth-order valence-corrected chi connectivity index (χ4v) is 1.98. The Morgan fingerprint density at radius 1 is 1.32 bits per heavy atom. The maximum atomic E-state index is 11.8. The largest absolute Gasteiger partial charge is 0.496 e. The van der Waals surface area contributed by atoms with Crippen molar-refractivity contribution in [1.29, 1.82) is 0 Å². The second kappa shape index (κ2) is 7.76. The molecule has 0 heterocycles. The van der Waals surface area contributed by atoms with E-state index in [1.165, 1.54) is 14.0 Å². The number of hydrogen-bond donors (Lipinski definition) is 1. The molecule has 5 heteroatoms. The summed E-state index contributed by atoms with van der Waals surface area (Å²) in [5.74, 6) is 0.484. The number of methoxy groups -OCH3 is 2. The van der Waals surface area contributed by atoms with Crippen molar-refractivity contribution in [2.45, 2.75) is 6.92 Å². The molecule has 0 aliphatic rings. The number of anilines is 1. The summed E-state index contributed by atoms with van der Waals surface area (Å²) in [4.78, 5) is 13.7. The smallest absolute Gasteiger partial charge is 0.165 e. The Balaban J connectivity index is 3.16. The zero-order valence-corrected chi connectivity index (χ0v) is 11.7. The van der Waals surface area contributed by atoms with Gasteiger partial charge in [-0.15, -0.1) is 0 Å². The van der Waals surface area contributed by atoms with Crippen molar-refractivity contribution in [2.75, 3.05) is 45.4 Å². The zero-order chi connectivity index (χ0) is 14.3. The standard InChI is InChI=1S/C14H21NO4/c1-11(17)14-12(5-4-6-13(14)19-3)15(7-9-16)8-10-18-2/h4-6,16H,7-10H2,1-3H3. The molecule has 19 heavy (non-hydrogen) atoms. The third-order valence-corrected chi connectivity index (χ3v) is 2.85. The maximum Gasteiger partial charge on any atom is 0.165 e. The molecule has 0 aliphatic carbocycles. The topological polar surface area (TPSA) is 59.0 Å². The summed E-state index contributed by atoms with van der Waals surface area (Å²) < 4.78 is 10.3. The molecule has 0 spiro atoms. The van der Waals surface area contributed by atoms with Crippen molar-refractivity contribution in [3.8, 4) is 5.75 Å². The predicted octanol–water partition coefficient (Wildman–Crippen LogP) is 1.34. The van der Waals surface area contributed by atoms with E-state index in [0.717, 1.165) is 5.69 Å². The molecule has 1 aromatic carbocycles. The van der Waals surface area contributed by atoms with E-state index in [2.05, 4.69) is 0 Å². The number of rotatable bonds is 8. The first-order valence-electron chi connectivity index (χ1n) is 6.18. The van der Waals surface area contributed by atoms with Crippen LogP contribution >= 0.6 is 0 Å². The zero-order valence-electron chi connectivity index (χ0n) is 11.7. The molecule has 0 unspecified atom stereocenters. The summed E-state index contributed by atoms with van der Waals surface area (Å²) in [5.41, 5.74) is 1.30. The Kier molecular flexibility index (Phi) is 6.32. The van der Waals surface area contributed by atoms with Gasteiger partial charge in [0.15, 0.2) is 5.78 Å². The van der Waals surface area contributed by atoms with E-state index in [-0.39, 0.29) is 12.4 Å². The number of ketones is 1. The number of ether oxygens (including phenoxy) is 2. The summed E-state index contributed by atoms with van der Waals surface area (Å²) in [6.45, 7) is 3.09. The van der Waals surface area contributed by atoms with Crippen LogP contribution in [0.2, 0.25) is 0 Å². The molecule has 0 aromatic heterocycles. The Labute approximate surface area is 113 Å². The average molecular weight is 267 g/mol. The minimum Gasteiger partial charge on any atom is -0.496 e. The van der Waals surface area contributed by atoms with Gasteiger partial charge in [-0.1, -0.05) is 6.07 Å². The van der Waals surface area contributed by atoms with E-state index in [1.54, 1.807) is 13.2 Å². The molecule has 5 nitrogen and oxygen atoms in total. The molecule has 0 fully saturated rings. The third kappa shape index (κ3) is 3.94. The molecule has 0 atom stereocenters. The molecule has 0 amide bonds. The van der Waals surface area contributed by atoms with Gasteiger partial charge in [0.25, 0.3) is 0 Å². The summed E-state index contributed by atoms with van der Waals surface area (Å²) in [6, 6.07) is 5.44. The second-order valence-corrected chi connectivity index (χ2v) is 4.11. The first kappa shape index (κ1) is 15.5. The Morgan fingerprint density at radius 2 is 2.05 bits per heavy atom. The molecule has 0 aliphatic heterocycles. The van der Waals surface area contributed by atoms with E-state index < -0.39 is 0 Å². The number of aliphatic hydroxyl groups excluding tert-OH is 1. The maximum absolute atomic E-state index is 11.8. The van der Waals surface area contributed by atoms with Crippen LogP contribution in [0.3, 0.4) is 0 Å². The van der Waals surface area contributed by atoms with Gasteiger partial charge >= 0.3 is 0 Å². The van der Waals surface area contributed by atoms with Gasteiger partial charge in [0, 0.05) is 20.2 Å². The van der Waals surface area contributed by atoms with Crippen LogP contribution in [0.5, 0.6) is 5.75 Å². The number of aliphatic hydroxyl groups is 1. The van der Waals surface area contributed by atoms with E-state index in [9.17, 15) is 4.79 Å². The number of benzene rings is 1.